The van der Waals surface area contributed by atoms with Crippen molar-refractivity contribution in [2.75, 3.05) is 12.8 Å². The van der Waals surface area contributed by atoms with Crippen molar-refractivity contribution >= 4 is 17.3 Å². The number of nitrogen functional groups attached to an aromatic ring is 1. The molecule has 1 amide bonds. The number of rotatable bonds is 1. The van der Waals surface area contributed by atoms with E-state index in [9.17, 15) is 4.79 Å². The molecule has 4 nitrogen and oxygen atoms in total. The van der Waals surface area contributed by atoms with Gasteiger partial charge in [0.15, 0.2) is 5.69 Å². The van der Waals surface area contributed by atoms with E-state index in [1.807, 2.05) is 0 Å². The van der Waals surface area contributed by atoms with E-state index in [1.54, 1.807) is 13.0 Å². The van der Waals surface area contributed by atoms with Gasteiger partial charge in [0.1, 0.15) is 0 Å². The van der Waals surface area contributed by atoms with Crippen LogP contribution in [0.3, 0.4) is 0 Å². The topological polar surface area (TPSA) is 59.5 Å². The van der Waals surface area contributed by atoms with Crippen LogP contribution in [0.5, 0.6) is 0 Å². The van der Waals surface area contributed by atoms with Crippen LogP contribution in [0.2, 0.25) is 0 Å². The number of nitrogens with two attached hydrogens (primary N) is 1. The van der Waals surface area contributed by atoms with Crippen molar-refractivity contribution in [1.29, 1.82) is 0 Å². The van der Waals surface area contributed by atoms with Gasteiger partial charge in [-0.25, -0.2) is 4.85 Å². The van der Waals surface area contributed by atoms with E-state index in [0.717, 1.165) is 5.56 Å². The number of nitrogens with zero attached hydrogens (tertiary/aromatic N) is 1. The zero-order valence-corrected chi connectivity index (χ0v) is 8.09. The number of nitrogens with one attached hydrogen (secondary N) is 1. The quantitative estimate of drug-likeness (QED) is 0.519. The maximum Gasteiger partial charge on any atom is 0.251 e. The number of carbonyl (C=O) groups is 1. The second kappa shape index (κ2) is 3.79. The number of anilines is 1. The minimum absolute atomic E-state index is 0.267. The summed E-state index contributed by atoms with van der Waals surface area (Å²) in [5, 5.41) is 2.48. The first-order valence-electron chi connectivity index (χ1n) is 4.09. The smallest absolute Gasteiger partial charge is 0.251 e. The van der Waals surface area contributed by atoms with Crippen LogP contribution in [0.25, 0.3) is 4.85 Å². The molecule has 0 fully saturated rings. The van der Waals surface area contributed by atoms with Gasteiger partial charge in [0.2, 0.25) is 0 Å². The zero-order chi connectivity index (χ0) is 10.7. The average Bonchev–Trinajstić information content (AvgIpc) is 2.20. The lowest BCUT2D eigenvalue weighted by Gasteiger charge is -2.07. The molecule has 0 spiro atoms. The van der Waals surface area contributed by atoms with Crippen LogP contribution in [0.15, 0.2) is 12.1 Å². The van der Waals surface area contributed by atoms with Crippen molar-refractivity contribution in [1.82, 2.24) is 5.32 Å². The zero-order valence-electron chi connectivity index (χ0n) is 8.09. The van der Waals surface area contributed by atoms with E-state index in [-0.39, 0.29) is 5.91 Å². The second-order valence-electron chi connectivity index (χ2n) is 2.91. The maximum atomic E-state index is 11.4. The summed E-state index contributed by atoms with van der Waals surface area (Å²) in [6.07, 6.45) is 0. The van der Waals surface area contributed by atoms with Crippen molar-refractivity contribution < 1.29 is 4.79 Å². The van der Waals surface area contributed by atoms with Gasteiger partial charge in [0.05, 0.1) is 12.1 Å². The lowest BCUT2D eigenvalue weighted by atomic mass is 10.1. The van der Waals surface area contributed by atoms with Crippen LogP contribution in [0.1, 0.15) is 15.9 Å². The molecule has 1 rings (SSSR count). The Morgan fingerprint density at radius 2 is 2.21 bits per heavy atom. The molecule has 4 heteroatoms. The maximum absolute atomic E-state index is 11.4. The number of amides is 1. The van der Waals surface area contributed by atoms with Gasteiger partial charge in [-0.2, -0.15) is 0 Å². The normalized spacial score (nSPS) is 9.21. The summed E-state index contributed by atoms with van der Waals surface area (Å²) >= 11 is 0. The van der Waals surface area contributed by atoms with Crippen LogP contribution >= 0.6 is 0 Å². The summed E-state index contributed by atoms with van der Waals surface area (Å²) in [7, 11) is 1.53. The molecular formula is C10H11N3O. The number of hydrogen-bond donors (Lipinski definition) is 2. The van der Waals surface area contributed by atoms with Crippen LogP contribution < -0.4 is 11.1 Å². The molecule has 0 saturated carbocycles. The number of hydrogen-bond acceptors (Lipinski definition) is 2. The van der Waals surface area contributed by atoms with Crippen molar-refractivity contribution in [2.45, 2.75) is 6.92 Å². The standard InChI is InChI=1S/C10H11N3O/c1-6-4-7(12-2)5-8(9(6)11)10(14)13-3/h4-5H,11H2,1,3H3,(H,13,14). The number of carbonyl (C=O) groups excluding carboxylic acids is 1. The summed E-state index contributed by atoms with van der Waals surface area (Å²) in [5.41, 5.74) is 7.68. The highest BCUT2D eigenvalue weighted by atomic mass is 16.1. The highest BCUT2D eigenvalue weighted by molar-refractivity contribution is 6.00. The SMILES string of the molecule is [C-]#[N+]c1cc(C)c(N)c(C(=O)NC)c1. The molecule has 0 unspecified atom stereocenters. The first kappa shape index (κ1) is 10.1. The van der Waals surface area contributed by atoms with Crippen molar-refractivity contribution in [2.24, 2.45) is 0 Å². The Morgan fingerprint density at radius 3 is 2.71 bits per heavy atom. The molecule has 1 aromatic carbocycles. The van der Waals surface area contributed by atoms with Crippen LogP contribution in [0, 0.1) is 13.5 Å². The van der Waals surface area contributed by atoms with E-state index >= 15 is 0 Å². The van der Waals surface area contributed by atoms with E-state index in [0.29, 0.717) is 16.9 Å². The van der Waals surface area contributed by atoms with Crippen molar-refractivity contribution in [3.8, 4) is 0 Å². The molecule has 0 aliphatic carbocycles. The molecule has 72 valence electrons. The van der Waals surface area contributed by atoms with Gasteiger partial charge >= 0.3 is 0 Å². The van der Waals surface area contributed by atoms with Gasteiger partial charge in [-0.3, -0.25) is 4.79 Å². The Hall–Kier alpha value is -2.02. The van der Waals surface area contributed by atoms with Gasteiger partial charge in [-0.1, -0.05) is 6.07 Å². The fourth-order valence-electron chi connectivity index (χ4n) is 1.17. The molecule has 0 aromatic heterocycles. The highest BCUT2D eigenvalue weighted by Crippen LogP contribution is 2.24. The van der Waals surface area contributed by atoms with E-state index in [1.165, 1.54) is 13.1 Å². The fourth-order valence-corrected chi connectivity index (χ4v) is 1.17. The van der Waals surface area contributed by atoms with Gasteiger partial charge in [-0.05, 0) is 18.6 Å². The van der Waals surface area contributed by atoms with Gasteiger partial charge in [0, 0.05) is 12.7 Å². The van der Waals surface area contributed by atoms with Crippen molar-refractivity contribution in [3.05, 3.63) is 34.7 Å². The molecular weight excluding hydrogens is 178 g/mol. The third kappa shape index (κ3) is 1.67. The van der Waals surface area contributed by atoms with E-state index < -0.39 is 0 Å². The Labute approximate surface area is 82.5 Å². The summed E-state index contributed by atoms with van der Waals surface area (Å²) in [4.78, 5) is 14.6. The summed E-state index contributed by atoms with van der Waals surface area (Å²) < 4.78 is 0. The monoisotopic (exact) mass is 189 g/mol. The Morgan fingerprint density at radius 1 is 1.57 bits per heavy atom. The van der Waals surface area contributed by atoms with Crippen LogP contribution in [-0.2, 0) is 0 Å². The summed E-state index contributed by atoms with van der Waals surface area (Å²) in [6, 6.07) is 3.16. The highest BCUT2D eigenvalue weighted by Gasteiger charge is 2.10. The van der Waals surface area contributed by atoms with Gasteiger partial charge in [-0.15, -0.1) is 0 Å². The molecule has 1 aromatic rings. The molecule has 0 saturated heterocycles. The second-order valence-corrected chi connectivity index (χ2v) is 2.91. The van der Waals surface area contributed by atoms with Crippen LogP contribution in [-0.4, -0.2) is 13.0 Å². The fraction of sp³-hybridized carbons (Fsp3) is 0.200. The minimum Gasteiger partial charge on any atom is -0.398 e. The molecule has 0 aliphatic rings. The Balaban J connectivity index is 3.36. The lowest BCUT2D eigenvalue weighted by Crippen LogP contribution is -2.19. The third-order valence-corrected chi connectivity index (χ3v) is 1.97. The number of benzene rings is 1. The summed E-state index contributed by atoms with van der Waals surface area (Å²) in [5.74, 6) is -0.267. The van der Waals surface area contributed by atoms with Gasteiger partial charge in [0.25, 0.3) is 5.91 Å². The molecule has 0 aliphatic heterocycles. The van der Waals surface area contributed by atoms with Crippen LogP contribution in [0.4, 0.5) is 11.4 Å². The van der Waals surface area contributed by atoms with E-state index in [4.69, 9.17) is 12.3 Å². The molecule has 0 radical (unpaired) electrons. The Bertz CT molecular complexity index is 418. The first-order chi connectivity index (χ1) is 6.60. The van der Waals surface area contributed by atoms with Crippen molar-refractivity contribution in [3.63, 3.8) is 0 Å². The number of aryl methyl sites for hydroxylation is 1. The van der Waals surface area contributed by atoms with E-state index in [2.05, 4.69) is 10.2 Å². The largest absolute Gasteiger partial charge is 0.398 e. The van der Waals surface area contributed by atoms with Gasteiger partial charge < -0.3 is 11.1 Å². The molecule has 0 heterocycles. The predicted octanol–water partition coefficient (Wildman–Crippen LogP) is 1.49. The molecule has 14 heavy (non-hydrogen) atoms. The minimum atomic E-state index is -0.267. The lowest BCUT2D eigenvalue weighted by molar-refractivity contribution is 0.0964. The molecule has 3 N–H and O–H groups in total. The molecule has 0 bridgehead atoms. The molecule has 0 atom stereocenters. The average molecular weight is 189 g/mol. The predicted molar refractivity (Wildman–Crippen MR) is 55.2 cm³/mol. The summed E-state index contributed by atoms with van der Waals surface area (Å²) in [6.45, 7) is 8.63. The first-order valence-corrected chi connectivity index (χ1v) is 4.09. The Kier molecular flexibility index (Phi) is 2.73. The third-order valence-electron chi connectivity index (χ3n) is 1.97.